The van der Waals surface area contributed by atoms with Crippen LogP contribution in [-0.4, -0.2) is 24.9 Å². The lowest BCUT2D eigenvalue weighted by molar-refractivity contribution is 0.376. The lowest BCUT2D eigenvalue weighted by Gasteiger charge is -2.11. The number of rotatable bonds is 6. The molecule has 2 aromatic heterocycles. The van der Waals surface area contributed by atoms with Gasteiger partial charge in [-0.25, -0.2) is 0 Å². The van der Waals surface area contributed by atoms with Crippen LogP contribution in [0.1, 0.15) is 35.3 Å². The van der Waals surface area contributed by atoms with Gasteiger partial charge in [0.25, 0.3) is 0 Å². The van der Waals surface area contributed by atoms with Gasteiger partial charge in [-0.05, 0) is 31.5 Å². The highest BCUT2D eigenvalue weighted by molar-refractivity contribution is 7.99. The Morgan fingerprint density at radius 2 is 1.70 bits per heavy atom. The Kier molecular flexibility index (Phi) is 5.02. The molecule has 0 saturated carbocycles. The molecule has 6 nitrogen and oxygen atoms in total. The second kappa shape index (κ2) is 7.75. The van der Waals surface area contributed by atoms with Gasteiger partial charge in [0.05, 0.1) is 5.25 Å². The molecule has 1 atom stereocenters. The molecular formula is C20H19N5OS. The molecule has 7 heteroatoms. The molecule has 0 aliphatic rings. The van der Waals surface area contributed by atoms with E-state index in [2.05, 4.69) is 49.2 Å². The summed E-state index contributed by atoms with van der Waals surface area (Å²) in [5, 5.41) is 13.6. The van der Waals surface area contributed by atoms with Crippen LogP contribution in [0, 0.1) is 6.92 Å². The Hall–Kier alpha value is -2.93. The maximum Gasteiger partial charge on any atom is 0.239 e. The summed E-state index contributed by atoms with van der Waals surface area (Å²) in [6.45, 7) is 3.84. The van der Waals surface area contributed by atoms with Gasteiger partial charge in [-0.2, -0.15) is 4.98 Å². The predicted molar refractivity (Wildman–Crippen MR) is 104 cm³/mol. The minimum Gasteiger partial charge on any atom is -0.338 e. The number of thioether (sulfide) groups is 1. The Morgan fingerprint density at radius 1 is 1.00 bits per heavy atom. The Labute approximate surface area is 161 Å². The van der Waals surface area contributed by atoms with Gasteiger partial charge >= 0.3 is 0 Å². The van der Waals surface area contributed by atoms with E-state index in [-0.39, 0.29) is 5.25 Å². The van der Waals surface area contributed by atoms with Crippen LogP contribution in [0.15, 0.2) is 70.3 Å². The van der Waals surface area contributed by atoms with Crippen LogP contribution in [0.4, 0.5) is 0 Å². The fraction of sp³-hybridized carbons (Fsp3) is 0.200. The van der Waals surface area contributed by atoms with Crippen molar-refractivity contribution in [3.8, 4) is 5.69 Å². The normalized spacial score (nSPS) is 12.2. The van der Waals surface area contributed by atoms with Gasteiger partial charge in [0.15, 0.2) is 11.0 Å². The quantitative estimate of drug-likeness (QED) is 0.464. The Bertz CT molecular complexity index is 1010. The summed E-state index contributed by atoms with van der Waals surface area (Å²) < 4.78 is 7.40. The van der Waals surface area contributed by atoms with E-state index in [4.69, 9.17) is 4.52 Å². The number of para-hydroxylation sites is 1. The van der Waals surface area contributed by atoms with E-state index in [1.807, 2.05) is 50.2 Å². The number of hydrogen-bond donors (Lipinski definition) is 0. The van der Waals surface area contributed by atoms with Crippen molar-refractivity contribution in [3.05, 3.63) is 83.8 Å². The van der Waals surface area contributed by atoms with E-state index < -0.39 is 0 Å². The summed E-state index contributed by atoms with van der Waals surface area (Å²) in [6, 6.07) is 20.4. The standard InChI is InChI=1S/C20H19N5OS/c1-14(19-21-15(2)24-26-19)27-20-23-22-18(13-16-9-5-3-6-10-16)25(20)17-11-7-4-8-12-17/h3-12,14H,13H2,1-2H3. The maximum absolute atomic E-state index is 5.31. The Morgan fingerprint density at radius 3 is 2.37 bits per heavy atom. The van der Waals surface area contributed by atoms with Crippen LogP contribution in [0.3, 0.4) is 0 Å². The van der Waals surface area contributed by atoms with Crippen LogP contribution in [0.2, 0.25) is 0 Å². The summed E-state index contributed by atoms with van der Waals surface area (Å²) in [4.78, 5) is 4.33. The molecule has 2 aromatic carbocycles. The number of nitrogens with zero attached hydrogens (tertiary/aromatic N) is 5. The zero-order chi connectivity index (χ0) is 18.6. The minimum atomic E-state index is -0.0255. The van der Waals surface area contributed by atoms with Crippen molar-refractivity contribution in [3.63, 3.8) is 0 Å². The predicted octanol–water partition coefficient (Wildman–Crippen LogP) is 4.40. The summed E-state index contributed by atoms with van der Waals surface area (Å²) >= 11 is 1.56. The topological polar surface area (TPSA) is 69.6 Å². The summed E-state index contributed by atoms with van der Waals surface area (Å²) in [5.41, 5.74) is 2.23. The lowest BCUT2D eigenvalue weighted by atomic mass is 10.1. The third-order valence-corrected chi connectivity index (χ3v) is 5.12. The van der Waals surface area contributed by atoms with Gasteiger partial charge < -0.3 is 4.52 Å². The molecule has 0 fully saturated rings. The molecule has 0 saturated heterocycles. The van der Waals surface area contributed by atoms with Gasteiger partial charge in [0.2, 0.25) is 5.89 Å². The first-order chi connectivity index (χ1) is 13.2. The molecule has 0 aliphatic heterocycles. The van der Waals surface area contributed by atoms with Crippen molar-refractivity contribution in [2.45, 2.75) is 30.7 Å². The average Bonchev–Trinajstić information content (AvgIpc) is 3.30. The highest BCUT2D eigenvalue weighted by Gasteiger charge is 2.21. The molecule has 4 rings (SSSR count). The monoisotopic (exact) mass is 377 g/mol. The molecule has 0 spiro atoms. The van der Waals surface area contributed by atoms with Crippen LogP contribution >= 0.6 is 11.8 Å². The second-order valence-electron chi connectivity index (χ2n) is 6.17. The van der Waals surface area contributed by atoms with Crippen LogP contribution in [0.25, 0.3) is 5.69 Å². The van der Waals surface area contributed by atoms with Crippen molar-refractivity contribution < 1.29 is 4.52 Å². The van der Waals surface area contributed by atoms with Crippen LogP contribution in [0.5, 0.6) is 0 Å². The molecule has 0 radical (unpaired) electrons. The minimum absolute atomic E-state index is 0.0255. The van der Waals surface area contributed by atoms with Crippen molar-refractivity contribution >= 4 is 11.8 Å². The van der Waals surface area contributed by atoms with Gasteiger partial charge in [0, 0.05) is 12.1 Å². The molecule has 0 bridgehead atoms. The molecule has 4 aromatic rings. The molecule has 0 amide bonds. The van der Waals surface area contributed by atoms with Gasteiger partial charge in [0.1, 0.15) is 5.82 Å². The molecule has 1 unspecified atom stereocenters. The SMILES string of the molecule is Cc1noc(C(C)Sc2nnc(Cc3ccccc3)n2-c2ccccc2)n1. The molecule has 27 heavy (non-hydrogen) atoms. The summed E-state index contributed by atoms with van der Waals surface area (Å²) in [7, 11) is 0. The second-order valence-corrected chi connectivity index (χ2v) is 7.48. The first-order valence-electron chi connectivity index (χ1n) is 8.71. The van der Waals surface area contributed by atoms with Gasteiger partial charge in [-0.1, -0.05) is 65.4 Å². The number of aromatic nitrogens is 5. The fourth-order valence-corrected chi connectivity index (χ4v) is 3.71. The van der Waals surface area contributed by atoms with Crippen LogP contribution < -0.4 is 0 Å². The maximum atomic E-state index is 5.31. The fourth-order valence-electron chi connectivity index (χ4n) is 2.79. The van der Waals surface area contributed by atoms with E-state index >= 15 is 0 Å². The largest absolute Gasteiger partial charge is 0.338 e. The van der Waals surface area contributed by atoms with E-state index in [1.54, 1.807) is 11.8 Å². The first-order valence-corrected chi connectivity index (χ1v) is 9.59. The smallest absolute Gasteiger partial charge is 0.239 e. The average molecular weight is 377 g/mol. The third kappa shape index (κ3) is 3.93. The number of aryl methyl sites for hydroxylation is 1. The first kappa shape index (κ1) is 17.5. The molecule has 2 heterocycles. The van der Waals surface area contributed by atoms with Gasteiger partial charge in [-0.3, -0.25) is 4.57 Å². The van der Waals surface area contributed by atoms with Crippen molar-refractivity contribution in [1.82, 2.24) is 24.9 Å². The Balaban J connectivity index is 1.69. The molecule has 136 valence electrons. The van der Waals surface area contributed by atoms with Crippen molar-refractivity contribution in [2.24, 2.45) is 0 Å². The van der Waals surface area contributed by atoms with E-state index in [0.29, 0.717) is 18.1 Å². The highest BCUT2D eigenvalue weighted by atomic mass is 32.2. The van der Waals surface area contributed by atoms with Crippen molar-refractivity contribution in [2.75, 3.05) is 0 Å². The number of benzene rings is 2. The van der Waals surface area contributed by atoms with Crippen LogP contribution in [-0.2, 0) is 6.42 Å². The van der Waals surface area contributed by atoms with E-state index in [9.17, 15) is 0 Å². The van der Waals surface area contributed by atoms with E-state index in [0.717, 1.165) is 16.7 Å². The summed E-state index contributed by atoms with van der Waals surface area (Å²) in [5.74, 6) is 2.11. The van der Waals surface area contributed by atoms with Crippen molar-refractivity contribution in [1.29, 1.82) is 0 Å². The summed E-state index contributed by atoms with van der Waals surface area (Å²) in [6.07, 6.45) is 0.706. The number of hydrogen-bond acceptors (Lipinski definition) is 6. The zero-order valence-electron chi connectivity index (χ0n) is 15.1. The lowest BCUT2D eigenvalue weighted by Crippen LogP contribution is -2.04. The third-order valence-electron chi connectivity index (χ3n) is 4.09. The molecule has 0 aliphatic carbocycles. The van der Waals surface area contributed by atoms with Gasteiger partial charge in [-0.15, -0.1) is 10.2 Å². The van der Waals surface area contributed by atoms with E-state index in [1.165, 1.54) is 5.56 Å². The molecular weight excluding hydrogens is 358 g/mol. The zero-order valence-corrected chi connectivity index (χ0v) is 15.9. The highest BCUT2D eigenvalue weighted by Crippen LogP contribution is 2.34. The molecule has 0 N–H and O–H groups in total.